The summed E-state index contributed by atoms with van der Waals surface area (Å²) >= 11 is 0. The molecule has 1 aromatic rings. The van der Waals surface area contributed by atoms with E-state index >= 15 is 0 Å². The number of carboxylic acids is 1. The molecular formula is C11H12FNO4. The van der Waals surface area contributed by atoms with Gasteiger partial charge in [0.2, 0.25) is 0 Å². The van der Waals surface area contributed by atoms with Gasteiger partial charge in [-0.1, -0.05) is 13.0 Å². The molecule has 1 atom stereocenters. The van der Waals surface area contributed by atoms with Crippen LogP contribution >= 0.6 is 0 Å². The first-order valence-electron chi connectivity index (χ1n) is 4.98. The fourth-order valence-electron chi connectivity index (χ4n) is 1.31. The molecule has 0 saturated carbocycles. The molecular weight excluding hydrogens is 229 g/mol. The molecule has 0 radical (unpaired) electrons. The van der Waals surface area contributed by atoms with Gasteiger partial charge in [-0.2, -0.15) is 0 Å². The lowest BCUT2D eigenvalue weighted by atomic mass is 10.1. The first kappa shape index (κ1) is 13.0. The van der Waals surface area contributed by atoms with Crippen LogP contribution in [0, 0.1) is 5.82 Å². The highest BCUT2D eigenvalue weighted by Crippen LogP contribution is 2.19. The van der Waals surface area contributed by atoms with Crippen molar-refractivity contribution in [2.24, 2.45) is 0 Å². The Morgan fingerprint density at radius 3 is 2.59 bits per heavy atom. The minimum Gasteiger partial charge on any atom is -0.507 e. The zero-order chi connectivity index (χ0) is 13.0. The molecule has 0 aliphatic carbocycles. The van der Waals surface area contributed by atoms with Crippen LogP contribution in [-0.4, -0.2) is 28.1 Å². The molecule has 92 valence electrons. The number of amides is 1. The van der Waals surface area contributed by atoms with Crippen LogP contribution in [0.1, 0.15) is 23.7 Å². The number of carbonyl (C=O) groups excluding carboxylic acids is 1. The standard InChI is InChI=1S/C11H12FNO4/c1-2-7(11(16)17)13-10(15)9-6(12)4-3-5-8(9)14/h3-5,7,14H,2H2,1H3,(H,13,15)(H,16,17)/t7-/m1/s1. The van der Waals surface area contributed by atoms with Crippen LogP contribution in [0.2, 0.25) is 0 Å². The highest BCUT2D eigenvalue weighted by Gasteiger charge is 2.22. The third-order valence-electron chi connectivity index (χ3n) is 2.23. The minimum absolute atomic E-state index is 0.163. The summed E-state index contributed by atoms with van der Waals surface area (Å²) in [7, 11) is 0. The van der Waals surface area contributed by atoms with Gasteiger partial charge in [0.05, 0.1) is 0 Å². The average molecular weight is 241 g/mol. The van der Waals surface area contributed by atoms with Gasteiger partial charge < -0.3 is 15.5 Å². The van der Waals surface area contributed by atoms with E-state index in [4.69, 9.17) is 5.11 Å². The second-order valence-electron chi connectivity index (χ2n) is 3.41. The largest absolute Gasteiger partial charge is 0.507 e. The second-order valence-corrected chi connectivity index (χ2v) is 3.41. The number of halogens is 1. The Bertz CT molecular complexity index is 427. The topological polar surface area (TPSA) is 86.6 Å². The van der Waals surface area contributed by atoms with E-state index in [0.717, 1.165) is 12.1 Å². The smallest absolute Gasteiger partial charge is 0.326 e. The first-order valence-corrected chi connectivity index (χ1v) is 4.98. The zero-order valence-electron chi connectivity index (χ0n) is 9.11. The van der Waals surface area contributed by atoms with E-state index in [1.54, 1.807) is 6.92 Å². The predicted molar refractivity (Wildman–Crippen MR) is 57.2 cm³/mol. The Hall–Kier alpha value is -2.11. The summed E-state index contributed by atoms with van der Waals surface area (Å²) < 4.78 is 13.3. The van der Waals surface area contributed by atoms with Crippen LogP contribution in [0.3, 0.4) is 0 Å². The van der Waals surface area contributed by atoms with E-state index in [9.17, 15) is 19.1 Å². The summed E-state index contributed by atoms with van der Waals surface area (Å²) in [6, 6.07) is 2.30. The molecule has 0 aliphatic heterocycles. The quantitative estimate of drug-likeness (QED) is 0.737. The molecule has 0 heterocycles. The minimum atomic E-state index is -1.21. The van der Waals surface area contributed by atoms with Crippen molar-refractivity contribution in [3.05, 3.63) is 29.6 Å². The third-order valence-corrected chi connectivity index (χ3v) is 2.23. The fraction of sp³-hybridized carbons (Fsp3) is 0.273. The number of phenols is 1. The molecule has 1 amide bonds. The van der Waals surface area contributed by atoms with Crippen LogP contribution in [0.4, 0.5) is 4.39 Å². The number of benzene rings is 1. The maximum Gasteiger partial charge on any atom is 0.326 e. The van der Waals surface area contributed by atoms with Crippen molar-refractivity contribution >= 4 is 11.9 Å². The van der Waals surface area contributed by atoms with Crippen LogP contribution in [0.15, 0.2) is 18.2 Å². The molecule has 5 nitrogen and oxygen atoms in total. The van der Waals surface area contributed by atoms with E-state index in [2.05, 4.69) is 5.32 Å². The van der Waals surface area contributed by atoms with Crippen molar-refractivity contribution in [1.29, 1.82) is 0 Å². The van der Waals surface area contributed by atoms with Crippen molar-refractivity contribution in [3.63, 3.8) is 0 Å². The summed E-state index contributed by atoms with van der Waals surface area (Å²) in [4.78, 5) is 22.3. The number of aromatic hydroxyl groups is 1. The van der Waals surface area contributed by atoms with Gasteiger partial charge >= 0.3 is 5.97 Å². The zero-order valence-corrected chi connectivity index (χ0v) is 9.11. The molecule has 3 N–H and O–H groups in total. The number of nitrogens with one attached hydrogen (secondary N) is 1. The Labute approximate surface area is 96.9 Å². The molecule has 0 unspecified atom stereocenters. The lowest BCUT2D eigenvalue weighted by Gasteiger charge is -2.13. The number of hydrogen-bond acceptors (Lipinski definition) is 3. The van der Waals surface area contributed by atoms with E-state index in [1.165, 1.54) is 6.07 Å². The number of phenolic OH excluding ortho intramolecular Hbond substituents is 1. The molecule has 6 heteroatoms. The summed E-state index contributed by atoms with van der Waals surface area (Å²) in [6.07, 6.45) is 0.163. The van der Waals surface area contributed by atoms with E-state index < -0.39 is 35.0 Å². The van der Waals surface area contributed by atoms with E-state index in [1.807, 2.05) is 0 Å². The molecule has 1 aromatic carbocycles. The first-order chi connectivity index (χ1) is 7.97. The van der Waals surface area contributed by atoms with Crippen LogP contribution in [0.25, 0.3) is 0 Å². The SMILES string of the molecule is CC[C@@H](NC(=O)c1c(O)cccc1F)C(=O)O. The molecule has 0 saturated heterocycles. The summed E-state index contributed by atoms with van der Waals surface area (Å²) in [6.45, 7) is 1.57. The van der Waals surface area contributed by atoms with Gasteiger partial charge in [-0.05, 0) is 18.6 Å². The van der Waals surface area contributed by atoms with Crippen molar-refractivity contribution in [2.45, 2.75) is 19.4 Å². The molecule has 0 aromatic heterocycles. The van der Waals surface area contributed by atoms with E-state index in [0.29, 0.717) is 0 Å². The van der Waals surface area contributed by atoms with Gasteiger partial charge in [0.15, 0.2) is 0 Å². The Morgan fingerprint density at radius 2 is 2.12 bits per heavy atom. The average Bonchev–Trinajstić information content (AvgIpc) is 2.25. The Morgan fingerprint density at radius 1 is 1.47 bits per heavy atom. The molecule has 0 fully saturated rings. The summed E-state index contributed by atoms with van der Waals surface area (Å²) in [5.41, 5.74) is -0.549. The van der Waals surface area contributed by atoms with Crippen molar-refractivity contribution in [1.82, 2.24) is 5.32 Å². The summed E-state index contributed by atoms with van der Waals surface area (Å²) in [5, 5.41) is 20.2. The number of hydrogen-bond donors (Lipinski definition) is 3. The van der Waals surface area contributed by atoms with E-state index in [-0.39, 0.29) is 6.42 Å². The number of aliphatic carboxylic acids is 1. The lowest BCUT2D eigenvalue weighted by Crippen LogP contribution is -2.40. The van der Waals surface area contributed by atoms with Crippen molar-refractivity contribution < 1.29 is 24.2 Å². The van der Waals surface area contributed by atoms with Crippen LogP contribution in [0.5, 0.6) is 5.75 Å². The highest BCUT2D eigenvalue weighted by molar-refractivity contribution is 5.99. The Balaban J connectivity index is 2.94. The normalized spacial score (nSPS) is 11.9. The third kappa shape index (κ3) is 2.93. The van der Waals surface area contributed by atoms with Gasteiger partial charge in [0.1, 0.15) is 23.2 Å². The van der Waals surface area contributed by atoms with Gasteiger partial charge in [-0.25, -0.2) is 9.18 Å². The molecule has 0 aliphatic rings. The highest BCUT2D eigenvalue weighted by atomic mass is 19.1. The van der Waals surface area contributed by atoms with Gasteiger partial charge in [-0.15, -0.1) is 0 Å². The monoisotopic (exact) mass is 241 g/mol. The van der Waals surface area contributed by atoms with Crippen molar-refractivity contribution in [3.8, 4) is 5.75 Å². The predicted octanol–water partition coefficient (Wildman–Crippen LogP) is 1.12. The Kier molecular flexibility index (Phi) is 4.03. The lowest BCUT2D eigenvalue weighted by molar-refractivity contribution is -0.139. The number of carboxylic acid groups (broad SMARTS) is 1. The molecule has 0 bridgehead atoms. The van der Waals surface area contributed by atoms with Crippen molar-refractivity contribution in [2.75, 3.05) is 0 Å². The molecule has 17 heavy (non-hydrogen) atoms. The van der Waals surface area contributed by atoms with Gasteiger partial charge in [0, 0.05) is 0 Å². The summed E-state index contributed by atoms with van der Waals surface area (Å²) in [5.74, 6) is -3.59. The second kappa shape index (κ2) is 5.29. The molecule has 0 spiro atoms. The van der Waals surface area contributed by atoms with Gasteiger partial charge in [-0.3, -0.25) is 4.79 Å². The fourth-order valence-corrected chi connectivity index (χ4v) is 1.31. The maximum absolute atomic E-state index is 13.3. The molecule has 1 rings (SSSR count). The maximum atomic E-state index is 13.3. The van der Waals surface area contributed by atoms with Crippen LogP contribution < -0.4 is 5.32 Å². The number of rotatable bonds is 4. The number of carbonyl (C=O) groups is 2. The van der Waals surface area contributed by atoms with Crippen LogP contribution in [-0.2, 0) is 4.79 Å². The van der Waals surface area contributed by atoms with Gasteiger partial charge in [0.25, 0.3) is 5.91 Å².